The monoisotopic (exact) mass is 828 g/mol. The van der Waals surface area contributed by atoms with Gasteiger partial charge in [-0.1, -0.05) is 84.0 Å². The van der Waals surface area contributed by atoms with Crippen LogP contribution in [-0.2, 0) is 43.9 Å². The van der Waals surface area contributed by atoms with Crippen LogP contribution in [0.2, 0.25) is 0 Å². The molecule has 6 atom stereocenters. The maximum absolute atomic E-state index is 14.1. The molecule has 1 aromatic carbocycles. The molecule has 4 heterocycles. The average molecular weight is 829 g/mol. The summed E-state index contributed by atoms with van der Waals surface area (Å²) >= 11 is 0. The van der Waals surface area contributed by atoms with Crippen molar-refractivity contribution in [3.8, 4) is 12.1 Å². The molecule has 3 aromatic rings. The Kier molecular flexibility index (Phi) is 17.0. The number of phosphoric acid groups is 1. The van der Waals surface area contributed by atoms with E-state index in [1.807, 2.05) is 6.07 Å². The van der Waals surface area contributed by atoms with Crippen molar-refractivity contribution in [1.29, 1.82) is 10.5 Å². The van der Waals surface area contributed by atoms with Crippen LogP contribution in [0.1, 0.15) is 127 Å². The molecule has 2 saturated heterocycles. The fourth-order valence-corrected chi connectivity index (χ4v) is 8.16. The summed E-state index contributed by atoms with van der Waals surface area (Å²) in [5.74, 6) is -1.47. The first-order valence-electron chi connectivity index (χ1n) is 20.4. The summed E-state index contributed by atoms with van der Waals surface area (Å²) in [6, 6.07) is 11.3. The summed E-state index contributed by atoms with van der Waals surface area (Å²) in [5.41, 5.74) is 5.68. The van der Waals surface area contributed by atoms with Crippen LogP contribution in [0, 0.1) is 28.5 Å². The number of halogens is 1. The Hall–Kier alpha value is -3.54. The van der Waals surface area contributed by atoms with Gasteiger partial charge >= 0.3 is 7.82 Å². The minimum Gasteiger partial charge on any atom is -0.382 e. The van der Waals surface area contributed by atoms with E-state index < -0.39 is 62.7 Å². The van der Waals surface area contributed by atoms with Gasteiger partial charge < -0.3 is 34.3 Å². The lowest BCUT2D eigenvalue weighted by atomic mass is 9.96. The van der Waals surface area contributed by atoms with Crippen molar-refractivity contribution in [2.24, 2.45) is 0 Å². The Labute approximate surface area is 340 Å². The molecule has 17 heteroatoms. The molecule has 2 aliphatic heterocycles. The highest BCUT2D eigenvalue weighted by molar-refractivity contribution is 7.47. The Morgan fingerprint density at radius 3 is 2.33 bits per heavy atom. The SMILES string of the molecule is CCCCCCCCCCCCCCCOC[C@H](COP(=O)(O)OC[C@@]1(C#N)O[C@@H](c2ccc3c(N)ncnn23)[C@@H]2OC(C)(C)O[C@@H]21)OCc1cc(F)cc(C#N)c1. The van der Waals surface area contributed by atoms with Crippen molar-refractivity contribution in [3.63, 3.8) is 0 Å². The third kappa shape index (κ3) is 12.7. The number of hydrogen-bond donors (Lipinski definition) is 2. The van der Waals surface area contributed by atoms with E-state index in [4.69, 9.17) is 38.5 Å². The highest BCUT2D eigenvalue weighted by Crippen LogP contribution is 2.52. The maximum atomic E-state index is 14.1. The number of phosphoric ester groups is 1. The van der Waals surface area contributed by atoms with Gasteiger partial charge in [0.05, 0.1) is 37.1 Å². The highest BCUT2D eigenvalue weighted by atomic mass is 31.2. The molecular formula is C41H58FN6O9P. The first kappa shape index (κ1) is 45.5. The number of aromatic nitrogens is 3. The van der Waals surface area contributed by atoms with Crippen LogP contribution in [0.15, 0.2) is 36.7 Å². The summed E-state index contributed by atoms with van der Waals surface area (Å²) < 4.78 is 70.2. The largest absolute Gasteiger partial charge is 0.472 e. The van der Waals surface area contributed by atoms with Crippen molar-refractivity contribution < 1.29 is 46.6 Å². The predicted octanol–water partition coefficient (Wildman–Crippen LogP) is 8.00. The highest BCUT2D eigenvalue weighted by Gasteiger charge is 2.65. The van der Waals surface area contributed by atoms with E-state index in [0.717, 1.165) is 25.3 Å². The summed E-state index contributed by atoms with van der Waals surface area (Å²) in [6.07, 6.45) is 13.6. The number of nitrogens with zero attached hydrogens (tertiary/aromatic N) is 5. The van der Waals surface area contributed by atoms with Crippen LogP contribution in [0.4, 0.5) is 10.2 Å². The Morgan fingerprint density at radius 2 is 1.66 bits per heavy atom. The summed E-state index contributed by atoms with van der Waals surface area (Å²) in [4.78, 5) is 14.9. The third-order valence-corrected chi connectivity index (χ3v) is 11.3. The van der Waals surface area contributed by atoms with Gasteiger partial charge in [0.15, 0.2) is 11.6 Å². The number of nitrogens with two attached hydrogens (primary N) is 1. The lowest BCUT2D eigenvalue weighted by Crippen LogP contribution is -2.45. The number of nitrogen functional groups attached to an aromatic ring is 1. The van der Waals surface area contributed by atoms with Crippen molar-refractivity contribution in [2.75, 3.05) is 32.2 Å². The van der Waals surface area contributed by atoms with Crippen molar-refractivity contribution in [3.05, 3.63) is 59.3 Å². The molecule has 2 fully saturated rings. The van der Waals surface area contributed by atoms with Gasteiger partial charge in [0, 0.05) is 6.61 Å². The van der Waals surface area contributed by atoms with E-state index in [0.29, 0.717) is 23.4 Å². The summed E-state index contributed by atoms with van der Waals surface area (Å²) in [5, 5.41) is 24.0. The summed E-state index contributed by atoms with van der Waals surface area (Å²) in [7, 11) is -4.85. The van der Waals surface area contributed by atoms with E-state index >= 15 is 0 Å². The summed E-state index contributed by atoms with van der Waals surface area (Å²) in [6.45, 7) is 4.80. The first-order valence-corrected chi connectivity index (χ1v) is 21.9. The molecule has 58 heavy (non-hydrogen) atoms. The molecule has 5 rings (SSSR count). The fourth-order valence-electron chi connectivity index (χ4n) is 7.37. The van der Waals surface area contributed by atoms with Crippen LogP contribution in [0.5, 0.6) is 0 Å². The topological polar surface area (TPSA) is 206 Å². The van der Waals surface area contributed by atoms with Gasteiger partial charge in [0.1, 0.15) is 54.8 Å². The third-order valence-electron chi connectivity index (χ3n) is 10.4. The zero-order valence-corrected chi connectivity index (χ0v) is 34.7. The molecule has 0 radical (unpaired) electrons. The molecule has 318 valence electrons. The van der Waals surface area contributed by atoms with Crippen molar-refractivity contribution >= 4 is 19.2 Å². The van der Waals surface area contributed by atoms with Gasteiger partial charge in [-0.3, -0.25) is 9.05 Å². The van der Waals surface area contributed by atoms with Crippen molar-refractivity contribution in [1.82, 2.24) is 14.6 Å². The number of nitriles is 2. The number of benzene rings is 1. The smallest absolute Gasteiger partial charge is 0.382 e. The zero-order chi connectivity index (χ0) is 41.6. The molecule has 2 aromatic heterocycles. The maximum Gasteiger partial charge on any atom is 0.472 e. The van der Waals surface area contributed by atoms with Crippen LogP contribution < -0.4 is 5.73 Å². The van der Waals surface area contributed by atoms with Crippen LogP contribution in [-0.4, -0.2) is 75.6 Å². The van der Waals surface area contributed by atoms with Gasteiger partial charge in [-0.2, -0.15) is 15.6 Å². The normalized spacial score (nSPS) is 22.7. The molecule has 0 amide bonds. The van der Waals surface area contributed by atoms with Crippen LogP contribution >= 0.6 is 7.82 Å². The van der Waals surface area contributed by atoms with Gasteiger partial charge in [-0.05, 0) is 56.2 Å². The first-order chi connectivity index (χ1) is 27.9. The molecule has 0 saturated carbocycles. The standard InChI is InChI=1S/C41H58FN6O9P/c1-4-5-6-7-8-9-10-11-12-13-14-15-16-19-51-25-33(52-24-31-20-30(23-43)21-32(42)22-31)26-53-58(49,50)54-28-41(27-44)38-37(55-40(2,3)57-38)36(56-41)34-17-18-35-39(45)46-29-47-48(34)35/h17-18,20-22,29,33,36-38H,4-16,19,24-26,28H2,1-3H3,(H,49,50)(H2,45,46,47)/t33-,36+,37+,38+,41-/m1/s1. The van der Waals surface area contributed by atoms with Gasteiger partial charge in [-0.25, -0.2) is 18.5 Å². The fraction of sp³-hybridized carbons (Fsp3) is 0.659. The number of rotatable bonds is 26. The van der Waals surface area contributed by atoms with E-state index in [9.17, 15) is 24.4 Å². The van der Waals surface area contributed by atoms with E-state index in [1.165, 1.54) is 87.2 Å². The molecule has 0 aliphatic carbocycles. The van der Waals surface area contributed by atoms with Crippen molar-refractivity contribution in [2.45, 2.75) is 147 Å². The Balaban J connectivity index is 1.13. The number of ether oxygens (including phenoxy) is 5. The predicted molar refractivity (Wildman–Crippen MR) is 211 cm³/mol. The van der Waals surface area contributed by atoms with Gasteiger partial charge in [0.25, 0.3) is 0 Å². The van der Waals surface area contributed by atoms with Gasteiger partial charge in [0.2, 0.25) is 5.60 Å². The second-order valence-corrected chi connectivity index (χ2v) is 17.0. The number of anilines is 1. The Morgan fingerprint density at radius 1 is 0.966 bits per heavy atom. The second-order valence-electron chi connectivity index (χ2n) is 15.5. The molecular weight excluding hydrogens is 770 g/mol. The number of fused-ring (bicyclic) bond motifs is 2. The number of unbranched alkanes of at least 4 members (excludes halogenated alkanes) is 12. The van der Waals surface area contributed by atoms with Gasteiger partial charge in [-0.15, -0.1) is 0 Å². The quantitative estimate of drug-likeness (QED) is 0.0581. The molecule has 15 nitrogen and oxygen atoms in total. The van der Waals surface area contributed by atoms with E-state index in [2.05, 4.69) is 23.1 Å². The Bertz CT molecular complexity index is 1900. The molecule has 3 N–H and O–H groups in total. The average Bonchev–Trinajstić information content (AvgIpc) is 3.86. The van der Waals surface area contributed by atoms with Crippen LogP contribution in [0.25, 0.3) is 5.52 Å². The lowest BCUT2D eigenvalue weighted by Gasteiger charge is -2.29. The molecule has 0 bridgehead atoms. The minimum absolute atomic E-state index is 0.00889. The van der Waals surface area contributed by atoms with Crippen LogP contribution in [0.3, 0.4) is 0 Å². The lowest BCUT2D eigenvalue weighted by molar-refractivity contribution is -0.204. The molecule has 1 unspecified atom stereocenters. The zero-order valence-electron chi connectivity index (χ0n) is 33.9. The number of hydrogen-bond acceptors (Lipinski definition) is 13. The minimum atomic E-state index is -4.85. The second kappa shape index (κ2) is 21.6. The molecule has 0 spiro atoms. The van der Waals surface area contributed by atoms with E-state index in [-0.39, 0.29) is 24.6 Å². The molecule has 2 aliphatic rings. The van der Waals surface area contributed by atoms with E-state index in [1.54, 1.807) is 26.0 Å².